The second-order valence-corrected chi connectivity index (χ2v) is 8.16. The van der Waals surface area contributed by atoms with Crippen molar-refractivity contribution >= 4 is 36.0 Å². The lowest BCUT2D eigenvalue weighted by Gasteiger charge is -2.40. The average Bonchev–Trinajstić information content (AvgIpc) is 2.97. The summed E-state index contributed by atoms with van der Waals surface area (Å²) in [6.45, 7) is 13.5. The fourth-order valence-electron chi connectivity index (χ4n) is 3.27. The molecule has 8 heteroatoms. The number of nitrogens with zero attached hydrogens (tertiary/aromatic N) is 3. The van der Waals surface area contributed by atoms with E-state index >= 15 is 0 Å². The molecule has 152 valence electrons. The topological polar surface area (TPSA) is 77.4 Å². The lowest BCUT2D eigenvalue weighted by Crippen LogP contribution is -2.58. The Morgan fingerprint density at radius 1 is 1.31 bits per heavy atom. The molecule has 7 nitrogen and oxygen atoms in total. The molecule has 1 atom stereocenters. The largest absolute Gasteiger partial charge is 0.444 e. The van der Waals surface area contributed by atoms with E-state index in [2.05, 4.69) is 29.1 Å². The molecule has 1 saturated heterocycles. The van der Waals surface area contributed by atoms with Crippen LogP contribution in [0, 0.1) is 5.41 Å². The number of carbonyl (C=O) groups excluding carboxylic acids is 1. The van der Waals surface area contributed by atoms with Crippen molar-refractivity contribution in [3.05, 3.63) is 0 Å². The number of amides is 1. The molecule has 0 aromatic rings. The van der Waals surface area contributed by atoms with Crippen LogP contribution in [0.3, 0.4) is 0 Å². The molecule has 0 spiro atoms. The first kappa shape index (κ1) is 23.3. The quantitative estimate of drug-likeness (QED) is 0.589. The van der Waals surface area contributed by atoms with Gasteiger partial charge >= 0.3 is 6.09 Å². The number of halogens is 1. The van der Waals surface area contributed by atoms with Gasteiger partial charge in [0.25, 0.3) is 0 Å². The second-order valence-electron chi connectivity index (χ2n) is 8.16. The summed E-state index contributed by atoms with van der Waals surface area (Å²) in [6.07, 6.45) is 1.61. The van der Waals surface area contributed by atoms with Crippen LogP contribution < -0.4 is 5.32 Å². The lowest BCUT2D eigenvalue weighted by atomic mass is 9.83. The molecule has 0 aliphatic carbocycles. The molecule has 26 heavy (non-hydrogen) atoms. The minimum atomic E-state index is -0.471. The third-order valence-corrected chi connectivity index (χ3v) is 5.32. The normalized spacial score (nSPS) is 20.2. The van der Waals surface area contributed by atoms with Crippen LogP contribution in [0.4, 0.5) is 4.79 Å². The van der Waals surface area contributed by atoms with Gasteiger partial charge < -0.3 is 25.0 Å². The third kappa shape index (κ3) is 5.61. The molecule has 2 N–H and O–H groups in total. The first-order valence-corrected chi connectivity index (χ1v) is 9.37. The first-order valence-electron chi connectivity index (χ1n) is 9.37. The summed E-state index contributed by atoms with van der Waals surface area (Å²) in [5.41, 5.74) is -0.569. The van der Waals surface area contributed by atoms with Gasteiger partial charge in [-0.2, -0.15) is 0 Å². The van der Waals surface area contributed by atoms with E-state index in [-0.39, 0.29) is 48.1 Å². The fraction of sp³-hybridized carbons (Fsp3) is 0.889. The van der Waals surface area contributed by atoms with Gasteiger partial charge in [0.05, 0.1) is 19.2 Å². The molecule has 0 saturated carbocycles. The number of hydrogen-bond acceptors (Lipinski definition) is 6. The summed E-state index contributed by atoms with van der Waals surface area (Å²) in [5.74, 6) is 0.897. The highest BCUT2D eigenvalue weighted by molar-refractivity contribution is 14.0. The van der Waals surface area contributed by atoms with Gasteiger partial charge in [0.1, 0.15) is 5.60 Å². The molecule has 0 aromatic heterocycles. The Balaban J connectivity index is 0.00000338. The molecule has 1 fully saturated rings. The van der Waals surface area contributed by atoms with Gasteiger partial charge in [-0.15, -0.1) is 24.0 Å². The molecule has 2 heterocycles. The molecular weight excluding hydrogens is 447 g/mol. The smallest absolute Gasteiger partial charge is 0.410 e. The van der Waals surface area contributed by atoms with Crippen molar-refractivity contribution in [2.75, 3.05) is 39.3 Å². The number of fused-ring (bicyclic) bond motifs is 1. The molecule has 0 radical (unpaired) electrons. The zero-order valence-electron chi connectivity index (χ0n) is 16.7. The van der Waals surface area contributed by atoms with Crippen molar-refractivity contribution in [3.8, 4) is 0 Å². The maximum absolute atomic E-state index is 12.3. The van der Waals surface area contributed by atoms with E-state index in [1.54, 1.807) is 4.90 Å². The monoisotopic (exact) mass is 482 g/mol. The number of nitrogens with one attached hydrogen (secondary N) is 1. The molecular formula is C18H35IN4O3. The number of carbonyl (C=O) groups is 1. The van der Waals surface area contributed by atoms with Crippen molar-refractivity contribution in [2.45, 2.75) is 59.1 Å². The van der Waals surface area contributed by atoms with Crippen molar-refractivity contribution in [2.24, 2.45) is 10.4 Å². The molecule has 2 rings (SSSR count). The van der Waals surface area contributed by atoms with E-state index in [0.29, 0.717) is 26.2 Å². The predicted octanol–water partition coefficient (Wildman–Crippen LogP) is 2.28. The molecule has 2 aliphatic heterocycles. The number of guanidine groups is 1. The van der Waals surface area contributed by atoms with Crippen LogP contribution in [-0.2, 0) is 4.74 Å². The van der Waals surface area contributed by atoms with Crippen LogP contribution >= 0.6 is 24.0 Å². The van der Waals surface area contributed by atoms with Gasteiger partial charge in [-0.1, -0.05) is 13.8 Å². The molecule has 2 aliphatic rings. The highest BCUT2D eigenvalue weighted by Gasteiger charge is 2.37. The summed E-state index contributed by atoms with van der Waals surface area (Å²) in [6, 6.07) is 0.204. The predicted molar refractivity (Wildman–Crippen MR) is 114 cm³/mol. The van der Waals surface area contributed by atoms with Crippen LogP contribution in [-0.4, -0.2) is 77.9 Å². The van der Waals surface area contributed by atoms with Crippen LogP contribution in [0.1, 0.15) is 47.5 Å². The van der Waals surface area contributed by atoms with Gasteiger partial charge in [0, 0.05) is 31.6 Å². The Morgan fingerprint density at radius 3 is 2.50 bits per heavy atom. The van der Waals surface area contributed by atoms with Crippen molar-refractivity contribution < 1.29 is 14.6 Å². The fourth-order valence-corrected chi connectivity index (χ4v) is 3.27. The Kier molecular flexibility index (Phi) is 8.44. The number of ether oxygens (including phenoxy) is 1. The first-order chi connectivity index (χ1) is 11.7. The molecule has 1 amide bonds. The number of aliphatic hydroxyl groups excluding tert-OH is 1. The third-order valence-electron chi connectivity index (χ3n) is 5.32. The lowest BCUT2D eigenvalue weighted by molar-refractivity contribution is 0.0136. The van der Waals surface area contributed by atoms with Crippen LogP contribution in [0.2, 0.25) is 0 Å². The summed E-state index contributed by atoms with van der Waals surface area (Å²) in [5, 5.41) is 13.2. The summed E-state index contributed by atoms with van der Waals surface area (Å²) < 4.78 is 5.48. The Morgan fingerprint density at radius 2 is 1.96 bits per heavy atom. The molecule has 1 unspecified atom stereocenters. The standard InChI is InChI=1S/C18H34N4O3.HI/c1-6-18(7-2,13-23)12-20-15-19-10-14-11-21(8-9-22(14)15)16(24)25-17(3,4)5;/h14,23H,6-13H2,1-5H3,(H,19,20);1H. The number of rotatable bonds is 5. The van der Waals surface area contributed by atoms with E-state index in [0.717, 1.165) is 25.3 Å². The van der Waals surface area contributed by atoms with Crippen molar-refractivity contribution in [1.82, 2.24) is 15.1 Å². The van der Waals surface area contributed by atoms with Gasteiger partial charge in [-0.3, -0.25) is 4.99 Å². The Labute approximate surface area is 174 Å². The van der Waals surface area contributed by atoms with E-state index in [9.17, 15) is 9.90 Å². The van der Waals surface area contributed by atoms with E-state index in [1.165, 1.54) is 0 Å². The minimum Gasteiger partial charge on any atom is -0.444 e. The van der Waals surface area contributed by atoms with E-state index in [4.69, 9.17) is 4.74 Å². The van der Waals surface area contributed by atoms with E-state index < -0.39 is 5.60 Å². The maximum Gasteiger partial charge on any atom is 0.410 e. The SMILES string of the molecule is CCC(CC)(CO)CNC1=NCC2CN(C(=O)OC(C)(C)C)CCN12.I. The molecule has 0 bridgehead atoms. The average molecular weight is 482 g/mol. The zero-order chi connectivity index (χ0) is 18.7. The highest BCUT2D eigenvalue weighted by atomic mass is 127. The van der Waals surface area contributed by atoms with Gasteiger partial charge in [-0.25, -0.2) is 4.79 Å². The van der Waals surface area contributed by atoms with E-state index in [1.807, 2.05) is 20.8 Å². The summed E-state index contributed by atoms with van der Waals surface area (Å²) >= 11 is 0. The van der Waals surface area contributed by atoms with Gasteiger partial charge in [-0.05, 0) is 33.6 Å². The molecule has 0 aromatic carbocycles. The number of aliphatic imine (C=N–C) groups is 1. The van der Waals surface area contributed by atoms with Crippen molar-refractivity contribution in [1.29, 1.82) is 0 Å². The van der Waals surface area contributed by atoms with Crippen LogP contribution in [0.5, 0.6) is 0 Å². The Hall–Kier alpha value is -0.770. The van der Waals surface area contributed by atoms with Crippen LogP contribution in [0.25, 0.3) is 0 Å². The second kappa shape index (κ2) is 9.43. The van der Waals surface area contributed by atoms with Gasteiger partial charge in [0.15, 0.2) is 5.96 Å². The van der Waals surface area contributed by atoms with Gasteiger partial charge in [0.2, 0.25) is 0 Å². The van der Waals surface area contributed by atoms with Crippen molar-refractivity contribution in [3.63, 3.8) is 0 Å². The zero-order valence-corrected chi connectivity index (χ0v) is 19.1. The summed E-state index contributed by atoms with van der Waals surface area (Å²) in [4.78, 5) is 20.9. The number of aliphatic hydroxyl groups is 1. The summed E-state index contributed by atoms with van der Waals surface area (Å²) in [7, 11) is 0. The number of hydrogen-bond donors (Lipinski definition) is 2. The maximum atomic E-state index is 12.3. The Bertz CT molecular complexity index is 495. The number of piperazine rings is 1. The highest BCUT2D eigenvalue weighted by Crippen LogP contribution is 2.25. The van der Waals surface area contributed by atoms with Crippen LogP contribution in [0.15, 0.2) is 4.99 Å². The minimum absolute atomic E-state index is 0.